The fourth-order valence-corrected chi connectivity index (χ4v) is 1.31. The Morgan fingerprint density at radius 1 is 1.55 bits per heavy atom. The Hall–Kier alpha value is -0.0800. The Morgan fingerprint density at radius 2 is 2.36 bits per heavy atom. The maximum atomic E-state index is 5.45. The Bertz CT molecular complexity index is 99.7. The second-order valence-corrected chi connectivity index (χ2v) is 3.12. The molecule has 0 spiro atoms. The van der Waals surface area contributed by atoms with Crippen molar-refractivity contribution in [1.29, 1.82) is 0 Å². The van der Waals surface area contributed by atoms with Crippen LogP contribution in [0, 0.1) is 6.23 Å². The lowest BCUT2D eigenvalue weighted by Crippen LogP contribution is -2.24. The maximum absolute atomic E-state index is 5.45. The summed E-state index contributed by atoms with van der Waals surface area (Å²) in [6.07, 6.45) is 6.06. The average molecular weight is 156 g/mol. The number of unbranched alkanes of at least 4 members (excludes halogenated alkanes) is 1. The summed E-state index contributed by atoms with van der Waals surface area (Å²) in [4.78, 5) is 2.25. The highest BCUT2D eigenvalue weighted by atomic mass is 16.5. The molecule has 1 rings (SSSR count). The van der Waals surface area contributed by atoms with Gasteiger partial charge in [-0.3, -0.25) is 4.90 Å². The number of nitrogens with zero attached hydrogens (tertiary/aromatic N) is 1. The van der Waals surface area contributed by atoms with E-state index in [2.05, 4.69) is 18.9 Å². The van der Waals surface area contributed by atoms with Crippen LogP contribution < -0.4 is 0 Å². The molecule has 65 valence electrons. The summed E-state index contributed by atoms with van der Waals surface area (Å²) in [5, 5.41) is 0. The van der Waals surface area contributed by atoms with Crippen LogP contribution in [0.25, 0.3) is 0 Å². The van der Waals surface area contributed by atoms with E-state index in [4.69, 9.17) is 4.74 Å². The minimum absolute atomic E-state index is 0.922. The van der Waals surface area contributed by atoms with Gasteiger partial charge in [-0.1, -0.05) is 13.3 Å². The van der Waals surface area contributed by atoms with Gasteiger partial charge >= 0.3 is 0 Å². The highest BCUT2D eigenvalue weighted by Crippen LogP contribution is 2.22. The molecule has 0 aromatic carbocycles. The maximum Gasteiger partial charge on any atom is 0.164 e. The third-order valence-electron chi connectivity index (χ3n) is 2.08. The topological polar surface area (TPSA) is 12.5 Å². The van der Waals surface area contributed by atoms with E-state index >= 15 is 0 Å². The van der Waals surface area contributed by atoms with Crippen LogP contribution in [-0.4, -0.2) is 25.1 Å². The Labute approximate surface area is 69.5 Å². The second kappa shape index (κ2) is 4.73. The number of hydrogen-bond donors (Lipinski definition) is 0. The molecule has 2 nitrogen and oxygen atoms in total. The van der Waals surface area contributed by atoms with Crippen molar-refractivity contribution >= 4 is 0 Å². The van der Waals surface area contributed by atoms with E-state index in [0.29, 0.717) is 0 Å². The van der Waals surface area contributed by atoms with E-state index in [1.54, 1.807) is 0 Å². The third kappa shape index (κ3) is 2.80. The summed E-state index contributed by atoms with van der Waals surface area (Å²) < 4.78 is 5.45. The summed E-state index contributed by atoms with van der Waals surface area (Å²) in [5.41, 5.74) is 0. The van der Waals surface area contributed by atoms with E-state index in [1.807, 2.05) is 0 Å². The molecule has 0 bridgehead atoms. The van der Waals surface area contributed by atoms with Gasteiger partial charge < -0.3 is 4.74 Å². The molecular weight excluding hydrogens is 138 g/mol. The molecule has 0 amide bonds. The number of rotatable bonds is 4. The zero-order chi connectivity index (χ0) is 8.10. The highest BCUT2D eigenvalue weighted by molar-refractivity contribution is 4.81. The molecular formula is C9H18NO. The van der Waals surface area contributed by atoms with Crippen molar-refractivity contribution in [2.45, 2.75) is 32.6 Å². The fraction of sp³-hybridized carbons (Fsp3) is 0.889. The zero-order valence-corrected chi connectivity index (χ0v) is 7.60. The summed E-state index contributed by atoms with van der Waals surface area (Å²) >= 11 is 0. The summed E-state index contributed by atoms with van der Waals surface area (Å²) in [5.74, 6) is 0. The van der Waals surface area contributed by atoms with Crippen LogP contribution >= 0.6 is 0 Å². The van der Waals surface area contributed by atoms with Crippen molar-refractivity contribution in [2.75, 3.05) is 20.2 Å². The first-order valence-electron chi connectivity index (χ1n) is 4.54. The van der Waals surface area contributed by atoms with Crippen molar-refractivity contribution in [3.63, 3.8) is 0 Å². The van der Waals surface area contributed by atoms with Gasteiger partial charge in [0.05, 0.1) is 0 Å². The molecule has 1 saturated heterocycles. The summed E-state index contributed by atoms with van der Waals surface area (Å²) in [6.45, 7) is 4.28. The van der Waals surface area contributed by atoms with Crippen molar-refractivity contribution < 1.29 is 4.74 Å². The molecule has 1 heterocycles. The molecule has 2 heteroatoms. The largest absolute Gasteiger partial charge is 0.356 e. The predicted octanol–water partition coefficient (Wildman–Crippen LogP) is 2.02. The Kier molecular flexibility index (Phi) is 3.87. The molecule has 0 N–H and O–H groups in total. The van der Waals surface area contributed by atoms with Crippen LogP contribution in [0.1, 0.15) is 32.6 Å². The number of hydrogen-bond acceptors (Lipinski definition) is 2. The normalized spacial score (nSPS) is 19.9. The van der Waals surface area contributed by atoms with Gasteiger partial charge in [-0.25, -0.2) is 0 Å². The molecule has 0 aromatic heterocycles. The first kappa shape index (κ1) is 9.01. The van der Waals surface area contributed by atoms with E-state index in [9.17, 15) is 0 Å². The van der Waals surface area contributed by atoms with Gasteiger partial charge in [0.1, 0.15) is 0 Å². The van der Waals surface area contributed by atoms with E-state index < -0.39 is 0 Å². The zero-order valence-electron chi connectivity index (χ0n) is 7.60. The highest BCUT2D eigenvalue weighted by Gasteiger charge is 2.20. The van der Waals surface area contributed by atoms with Gasteiger partial charge in [-0.2, -0.15) is 0 Å². The lowest BCUT2D eigenvalue weighted by molar-refractivity contribution is 0.0900. The SMILES string of the molecule is CCCCN(C)[C]1CCCO1. The average Bonchev–Trinajstić information content (AvgIpc) is 2.52. The molecule has 1 radical (unpaired) electrons. The predicted molar refractivity (Wildman–Crippen MR) is 46.0 cm³/mol. The van der Waals surface area contributed by atoms with Crippen molar-refractivity contribution in [2.24, 2.45) is 0 Å². The van der Waals surface area contributed by atoms with Crippen molar-refractivity contribution in [3.05, 3.63) is 6.23 Å². The Morgan fingerprint density at radius 3 is 2.91 bits per heavy atom. The van der Waals surface area contributed by atoms with Crippen LogP contribution in [0.3, 0.4) is 0 Å². The third-order valence-corrected chi connectivity index (χ3v) is 2.08. The minimum Gasteiger partial charge on any atom is -0.356 e. The van der Waals surface area contributed by atoms with Gasteiger partial charge in [0.15, 0.2) is 6.23 Å². The molecule has 0 atom stereocenters. The van der Waals surface area contributed by atoms with Crippen LogP contribution in [-0.2, 0) is 4.74 Å². The van der Waals surface area contributed by atoms with Crippen molar-refractivity contribution in [3.8, 4) is 0 Å². The molecule has 1 fully saturated rings. The number of ether oxygens (including phenoxy) is 1. The summed E-state index contributed by atoms with van der Waals surface area (Å²) in [7, 11) is 2.12. The molecule has 1 aliphatic heterocycles. The Balaban J connectivity index is 2.12. The summed E-state index contributed by atoms with van der Waals surface area (Å²) in [6, 6.07) is 0. The first-order valence-corrected chi connectivity index (χ1v) is 4.54. The van der Waals surface area contributed by atoms with Crippen LogP contribution in [0.5, 0.6) is 0 Å². The van der Waals surface area contributed by atoms with Gasteiger partial charge in [-0.05, 0) is 26.3 Å². The molecule has 0 aromatic rings. The van der Waals surface area contributed by atoms with Crippen LogP contribution in [0.4, 0.5) is 0 Å². The fourth-order valence-electron chi connectivity index (χ4n) is 1.31. The van der Waals surface area contributed by atoms with Crippen molar-refractivity contribution in [1.82, 2.24) is 4.90 Å². The first-order chi connectivity index (χ1) is 5.34. The quantitative estimate of drug-likeness (QED) is 0.617. The molecule has 1 aliphatic rings. The molecule has 0 unspecified atom stereocenters. The second-order valence-electron chi connectivity index (χ2n) is 3.12. The van der Waals surface area contributed by atoms with E-state index in [-0.39, 0.29) is 0 Å². The lowest BCUT2D eigenvalue weighted by atomic mass is 10.3. The monoisotopic (exact) mass is 156 g/mol. The van der Waals surface area contributed by atoms with Crippen LogP contribution in [0.15, 0.2) is 0 Å². The van der Waals surface area contributed by atoms with Crippen LogP contribution in [0.2, 0.25) is 0 Å². The molecule has 11 heavy (non-hydrogen) atoms. The van der Waals surface area contributed by atoms with Gasteiger partial charge in [0.2, 0.25) is 0 Å². The van der Waals surface area contributed by atoms with Gasteiger partial charge in [0, 0.05) is 13.2 Å². The van der Waals surface area contributed by atoms with Gasteiger partial charge in [-0.15, -0.1) is 0 Å². The molecule has 0 aliphatic carbocycles. The van der Waals surface area contributed by atoms with Gasteiger partial charge in [0.25, 0.3) is 0 Å². The minimum atomic E-state index is 0.922. The molecule has 0 saturated carbocycles. The smallest absolute Gasteiger partial charge is 0.164 e. The lowest BCUT2D eigenvalue weighted by Gasteiger charge is -2.21. The van der Waals surface area contributed by atoms with E-state index in [0.717, 1.165) is 19.6 Å². The van der Waals surface area contributed by atoms with E-state index in [1.165, 1.54) is 25.5 Å². The standard InChI is InChI=1S/C9H18NO/c1-3-4-7-10(2)9-6-5-8-11-9/h3-8H2,1-2H3.